The molecule has 0 saturated carbocycles. The summed E-state index contributed by atoms with van der Waals surface area (Å²) >= 11 is 1.60. The van der Waals surface area contributed by atoms with Crippen molar-refractivity contribution >= 4 is 32.7 Å². The Kier molecular flexibility index (Phi) is 3.23. The summed E-state index contributed by atoms with van der Waals surface area (Å²) in [6.07, 6.45) is 3.38. The first-order chi connectivity index (χ1) is 10.8. The molecule has 22 heavy (non-hydrogen) atoms. The first-order valence-corrected chi connectivity index (χ1v) is 7.88. The van der Waals surface area contributed by atoms with Crippen LogP contribution in [0.5, 0.6) is 0 Å². The minimum Gasteiger partial charge on any atom is -0.344 e. The van der Waals surface area contributed by atoms with Crippen LogP contribution in [-0.2, 0) is 0 Å². The fourth-order valence-electron chi connectivity index (χ4n) is 2.54. The van der Waals surface area contributed by atoms with Crippen molar-refractivity contribution in [2.75, 3.05) is 31.1 Å². The summed E-state index contributed by atoms with van der Waals surface area (Å²) in [5.41, 5.74) is 1.47. The molecule has 0 atom stereocenters. The van der Waals surface area contributed by atoms with Crippen molar-refractivity contribution in [3.8, 4) is 0 Å². The molecule has 8 heteroatoms. The highest BCUT2D eigenvalue weighted by Crippen LogP contribution is 2.27. The average Bonchev–Trinajstić information content (AvgIpc) is 3.23. The smallest absolute Gasteiger partial charge is 0.271 e. The molecule has 0 unspecified atom stereocenters. The van der Waals surface area contributed by atoms with Crippen LogP contribution in [0.2, 0.25) is 0 Å². The van der Waals surface area contributed by atoms with E-state index in [1.54, 1.807) is 29.8 Å². The zero-order chi connectivity index (χ0) is 14.9. The number of nitrogens with one attached hydrogen (secondary N) is 1. The molecular weight excluding hydrogens is 300 g/mol. The van der Waals surface area contributed by atoms with Crippen molar-refractivity contribution in [1.29, 1.82) is 0 Å². The second kappa shape index (κ2) is 5.38. The number of pyridine rings is 1. The van der Waals surface area contributed by atoms with Crippen molar-refractivity contribution < 1.29 is 4.79 Å². The van der Waals surface area contributed by atoms with Crippen LogP contribution in [0.1, 0.15) is 10.5 Å². The van der Waals surface area contributed by atoms with Crippen molar-refractivity contribution in [2.24, 2.45) is 0 Å². The fraction of sp³-hybridized carbons (Fsp3) is 0.286. The highest BCUT2D eigenvalue weighted by molar-refractivity contribution is 7.21. The molecule has 1 saturated heterocycles. The molecule has 1 aliphatic heterocycles. The van der Waals surface area contributed by atoms with Crippen LogP contribution >= 0.6 is 11.3 Å². The van der Waals surface area contributed by atoms with Gasteiger partial charge in [-0.25, -0.2) is 9.97 Å². The maximum atomic E-state index is 12.3. The number of amides is 1. The van der Waals surface area contributed by atoms with E-state index in [9.17, 15) is 4.79 Å². The Labute approximate surface area is 130 Å². The maximum Gasteiger partial charge on any atom is 0.271 e. The first kappa shape index (κ1) is 13.2. The summed E-state index contributed by atoms with van der Waals surface area (Å²) in [4.78, 5) is 26.2. The predicted molar refractivity (Wildman–Crippen MR) is 84.1 cm³/mol. The second-order valence-electron chi connectivity index (χ2n) is 5.07. The molecule has 1 aliphatic rings. The van der Waals surface area contributed by atoms with E-state index >= 15 is 0 Å². The number of H-pyrrole nitrogens is 1. The molecular formula is C14H14N6OS. The van der Waals surface area contributed by atoms with Crippen LogP contribution < -0.4 is 4.90 Å². The van der Waals surface area contributed by atoms with E-state index in [-0.39, 0.29) is 5.91 Å². The largest absolute Gasteiger partial charge is 0.344 e. The Hall–Kier alpha value is -2.48. The summed E-state index contributed by atoms with van der Waals surface area (Å²) < 4.78 is 0. The molecule has 1 fully saturated rings. The Morgan fingerprint density at radius 2 is 2.05 bits per heavy atom. The number of anilines is 1. The van der Waals surface area contributed by atoms with Gasteiger partial charge >= 0.3 is 0 Å². The number of aromatic nitrogens is 4. The third-order valence-electron chi connectivity index (χ3n) is 3.72. The molecule has 4 rings (SSSR count). The van der Waals surface area contributed by atoms with E-state index in [0.29, 0.717) is 18.8 Å². The van der Waals surface area contributed by atoms with E-state index in [0.717, 1.165) is 28.6 Å². The van der Waals surface area contributed by atoms with Gasteiger partial charge in [0.1, 0.15) is 16.0 Å². The molecule has 4 heterocycles. The normalized spacial score (nSPS) is 15.5. The van der Waals surface area contributed by atoms with Crippen LogP contribution in [0.4, 0.5) is 5.13 Å². The van der Waals surface area contributed by atoms with Crippen molar-refractivity contribution in [3.05, 3.63) is 36.3 Å². The predicted octanol–water partition coefficient (Wildman–Crippen LogP) is 1.38. The first-order valence-electron chi connectivity index (χ1n) is 7.06. The fourth-order valence-corrected chi connectivity index (χ4v) is 3.50. The number of piperazine rings is 1. The summed E-state index contributed by atoms with van der Waals surface area (Å²) in [6, 6.07) is 5.57. The maximum absolute atomic E-state index is 12.3. The number of nitrogens with zero attached hydrogens (tertiary/aromatic N) is 5. The van der Waals surface area contributed by atoms with Gasteiger partial charge in [-0.15, -0.1) is 0 Å². The lowest BCUT2D eigenvalue weighted by atomic mass is 10.3. The van der Waals surface area contributed by atoms with Crippen molar-refractivity contribution in [2.45, 2.75) is 0 Å². The number of hydrogen-bond donors (Lipinski definition) is 1. The molecule has 0 radical (unpaired) electrons. The highest BCUT2D eigenvalue weighted by Gasteiger charge is 2.24. The Morgan fingerprint density at radius 1 is 1.18 bits per heavy atom. The van der Waals surface area contributed by atoms with Gasteiger partial charge in [0, 0.05) is 38.6 Å². The monoisotopic (exact) mass is 314 g/mol. The van der Waals surface area contributed by atoms with E-state index in [4.69, 9.17) is 0 Å². The lowest BCUT2D eigenvalue weighted by Crippen LogP contribution is -2.48. The summed E-state index contributed by atoms with van der Waals surface area (Å²) in [7, 11) is 0. The molecule has 0 bridgehead atoms. The zero-order valence-electron chi connectivity index (χ0n) is 11.8. The van der Waals surface area contributed by atoms with E-state index in [1.165, 1.54) is 0 Å². The molecule has 3 aromatic heterocycles. The van der Waals surface area contributed by atoms with E-state index in [1.807, 2.05) is 17.0 Å². The van der Waals surface area contributed by atoms with Gasteiger partial charge in [-0.2, -0.15) is 5.10 Å². The lowest BCUT2D eigenvalue weighted by Gasteiger charge is -2.34. The minimum absolute atomic E-state index is 0.00289. The van der Waals surface area contributed by atoms with Gasteiger partial charge in [-0.1, -0.05) is 11.3 Å². The number of hydrogen-bond acceptors (Lipinski definition) is 6. The van der Waals surface area contributed by atoms with Gasteiger partial charge in [0.25, 0.3) is 5.91 Å². The molecule has 1 amide bonds. The molecule has 3 aromatic rings. The van der Waals surface area contributed by atoms with Crippen molar-refractivity contribution in [1.82, 2.24) is 25.1 Å². The Morgan fingerprint density at radius 3 is 2.77 bits per heavy atom. The topological polar surface area (TPSA) is 78.0 Å². The van der Waals surface area contributed by atoms with Crippen LogP contribution in [0.15, 0.2) is 30.6 Å². The van der Waals surface area contributed by atoms with Gasteiger partial charge in [0.05, 0.1) is 0 Å². The van der Waals surface area contributed by atoms with Crippen LogP contribution in [0.25, 0.3) is 10.3 Å². The number of fused-ring (bicyclic) bond motifs is 1. The van der Waals surface area contributed by atoms with Gasteiger partial charge in [-0.3, -0.25) is 9.89 Å². The number of aromatic amines is 1. The summed E-state index contributed by atoms with van der Waals surface area (Å²) in [5.74, 6) is 0.00289. The Balaban J connectivity index is 1.46. The van der Waals surface area contributed by atoms with Gasteiger partial charge < -0.3 is 9.80 Å². The van der Waals surface area contributed by atoms with Crippen LogP contribution in [0, 0.1) is 0 Å². The number of carbonyl (C=O) groups is 1. The third kappa shape index (κ3) is 2.31. The molecule has 7 nitrogen and oxygen atoms in total. The Bertz CT molecular complexity index is 758. The molecule has 0 aliphatic carbocycles. The van der Waals surface area contributed by atoms with E-state index < -0.39 is 0 Å². The SMILES string of the molecule is O=C(c1ccn[nH]1)N1CCN(c2nc3cccnc3s2)CC1. The number of rotatable bonds is 2. The second-order valence-corrected chi connectivity index (χ2v) is 6.03. The van der Waals surface area contributed by atoms with Gasteiger partial charge in [0.15, 0.2) is 5.13 Å². The quantitative estimate of drug-likeness (QED) is 0.773. The van der Waals surface area contributed by atoms with E-state index in [2.05, 4.69) is 25.1 Å². The highest BCUT2D eigenvalue weighted by atomic mass is 32.1. The van der Waals surface area contributed by atoms with Gasteiger partial charge in [-0.05, 0) is 18.2 Å². The minimum atomic E-state index is 0.00289. The standard InChI is InChI=1S/C14H14N6OS/c21-13(11-3-5-16-18-11)19-6-8-20(9-7-19)14-17-10-2-1-4-15-12(10)22-14/h1-5H,6-9H2,(H,16,18). The van der Waals surface area contributed by atoms with Crippen LogP contribution in [-0.4, -0.2) is 57.2 Å². The molecule has 0 aromatic carbocycles. The summed E-state index contributed by atoms with van der Waals surface area (Å²) in [6.45, 7) is 2.92. The van der Waals surface area contributed by atoms with Crippen LogP contribution in [0.3, 0.4) is 0 Å². The average molecular weight is 314 g/mol. The molecule has 112 valence electrons. The van der Waals surface area contributed by atoms with Gasteiger partial charge in [0.2, 0.25) is 0 Å². The third-order valence-corrected chi connectivity index (χ3v) is 4.76. The molecule has 0 spiro atoms. The number of thiazole rings is 1. The zero-order valence-corrected chi connectivity index (χ0v) is 12.6. The molecule has 1 N–H and O–H groups in total. The number of carbonyl (C=O) groups excluding carboxylic acids is 1. The lowest BCUT2D eigenvalue weighted by molar-refractivity contribution is 0.0741. The van der Waals surface area contributed by atoms with Crippen molar-refractivity contribution in [3.63, 3.8) is 0 Å². The summed E-state index contributed by atoms with van der Waals surface area (Å²) in [5, 5.41) is 7.52.